The third-order valence-electron chi connectivity index (χ3n) is 5.32. The number of ether oxygens (including phenoxy) is 1. The fourth-order valence-corrected chi connectivity index (χ4v) is 4.22. The zero-order valence-electron chi connectivity index (χ0n) is 15.6. The molecule has 1 atom stereocenters. The Morgan fingerprint density at radius 3 is 2.50 bits per heavy atom. The molecule has 1 saturated heterocycles. The van der Waals surface area contributed by atoms with Crippen LogP contribution in [0.2, 0.25) is 0 Å². The molecule has 1 aliphatic heterocycles. The number of rotatable bonds is 5. The maximum atomic E-state index is 12.2. The van der Waals surface area contributed by atoms with Crippen LogP contribution >= 0.6 is 15.9 Å². The van der Waals surface area contributed by atoms with Crippen molar-refractivity contribution >= 4 is 38.5 Å². The number of aromatic nitrogens is 1. The number of carboxylic acids is 1. The lowest BCUT2D eigenvalue weighted by Crippen LogP contribution is -2.49. The molecule has 1 aliphatic rings. The molecule has 146 valence electrons. The van der Waals surface area contributed by atoms with Gasteiger partial charge in [-0.3, -0.25) is 9.69 Å². The number of nitrogens with one attached hydrogen (secondary N) is 1. The predicted octanol–water partition coefficient (Wildman–Crippen LogP) is 3.89. The lowest BCUT2D eigenvalue weighted by Gasteiger charge is -2.38. The number of nitrogens with zero attached hydrogens (tertiary/aromatic N) is 2. The number of benzene rings is 2. The molecule has 2 N–H and O–H groups in total. The first-order chi connectivity index (χ1) is 13.6. The summed E-state index contributed by atoms with van der Waals surface area (Å²) < 4.78 is 6.16. The molecule has 0 bridgehead atoms. The molecule has 1 aromatic heterocycles. The van der Waals surface area contributed by atoms with E-state index in [1.165, 1.54) is 0 Å². The lowest BCUT2D eigenvalue weighted by atomic mass is 10.0. The second-order valence-corrected chi connectivity index (χ2v) is 7.81. The molecular weight excluding hydrogens is 422 g/mol. The van der Waals surface area contributed by atoms with Gasteiger partial charge in [-0.25, -0.2) is 0 Å². The van der Waals surface area contributed by atoms with E-state index in [0.29, 0.717) is 13.1 Å². The Hall–Kier alpha value is -2.51. The first-order valence-corrected chi connectivity index (χ1v) is 9.98. The van der Waals surface area contributed by atoms with Crippen LogP contribution in [0, 0.1) is 0 Å². The van der Waals surface area contributed by atoms with E-state index in [2.05, 4.69) is 25.8 Å². The monoisotopic (exact) mass is 443 g/mol. The summed E-state index contributed by atoms with van der Waals surface area (Å²) in [7, 11) is 1.66. The zero-order valence-corrected chi connectivity index (χ0v) is 17.1. The minimum atomic E-state index is -0.821. The SMILES string of the molecule is COc1ccc(N2CCN([C@H](C(=O)O)c3c[nH]c4ccc(Br)cc34)CC2)cc1. The van der Waals surface area contributed by atoms with Gasteiger partial charge in [0.25, 0.3) is 0 Å². The van der Waals surface area contributed by atoms with Crippen molar-refractivity contribution in [2.75, 3.05) is 38.2 Å². The molecule has 0 amide bonds. The quantitative estimate of drug-likeness (QED) is 0.625. The Kier molecular flexibility index (Phi) is 5.28. The number of aromatic amines is 1. The number of hydrogen-bond acceptors (Lipinski definition) is 4. The minimum absolute atomic E-state index is 0.666. The Bertz CT molecular complexity index is 978. The maximum Gasteiger partial charge on any atom is 0.325 e. The molecule has 2 aromatic carbocycles. The van der Waals surface area contributed by atoms with Crippen LogP contribution in [0.5, 0.6) is 5.75 Å². The molecule has 0 aliphatic carbocycles. The van der Waals surface area contributed by atoms with Gasteiger partial charge < -0.3 is 19.7 Å². The van der Waals surface area contributed by atoms with E-state index in [1.807, 2.05) is 53.6 Å². The molecule has 0 unspecified atom stereocenters. The summed E-state index contributed by atoms with van der Waals surface area (Å²) in [6.07, 6.45) is 1.83. The summed E-state index contributed by atoms with van der Waals surface area (Å²) in [6.45, 7) is 2.93. The average Bonchev–Trinajstić information content (AvgIpc) is 3.11. The van der Waals surface area contributed by atoms with Crippen LogP contribution in [0.3, 0.4) is 0 Å². The van der Waals surface area contributed by atoms with Crippen LogP contribution in [0.15, 0.2) is 53.1 Å². The van der Waals surface area contributed by atoms with Crippen LogP contribution in [-0.2, 0) is 4.79 Å². The van der Waals surface area contributed by atoms with Gasteiger partial charge in [-0.2, -0.15) is 0 Å². The zero-order chi connectivity index (χ0) is 19.7. The highest BCUT2D eigenvalue weighted by Gasteiger charge is 2.32. The second kappa shape index (κ2) is 7.85. The molecule has 2 heterocycles. The molecule has 6 nitrogen and oxygen atoms in total. The number of fused-ring (bicyclic) bond motifs is 1. The highest BCUT2D eigenvalue weighted by atomic mass is 79.9. The number of halogens is 1. The van der Waals surface area contributed by atoms with Crippen LogP contribution in [0.1, 0.15) is 11.6 Å². The fourth-order valence-electron chi connectivity index (χ4n) is 3.86. The van der Waals surface area contributed by atoms with Crippen LogP contribution in [-0.4, -0.2) is 54.2 Å². The third-order valence-corrected chi connectivity index (χ3v) is 5.81. The van der Waals surface area contributed by atoms with Gasteiger partial charge in [0.1, 0.15) is 11.8 Å². The molecule has 3 aromatic rings. The Labute approximate surface area is 171 Å². The first kappa shape index (κ1) is 18.8. The summed E-state index contributed by atoms with van der Waals surface area (Å²) in [5.41, 5.74) is 2.88. The van der Waals surface area contributed by atoms with E-state index in [9.17, 15) is 9.90 Å². The Balaban J connectivity index is 1.53. The van der Waals surface area contributed by atoms with Crippen LogP contribution in [0.25, 0.3) is 10.9 Å². The Morgan fingerprint density at radius 2 is 1.86 bits per heavy atom. The van der Waals surface area contributed by atoms with Crippen molar-refractivity contribution in [1.29, 1.82) is 0 Å². The molecule has 1 fully saturated rings. The second-order valence-electron chi connectivity index (χ2n) is 6.90. The molecule has 28 heavy (non-hydrogen) atoms. The predicted molar refractivity (Wildman–Crippen MR) is 113 cm³/mol. The van der Waals surface area contributed by atoms with Crippen LogP contribution < -0.4 is 9.64 Å². The molecule has 0 saturated carbocycles. The van der Waals surface area contributed by atoms with Gasteiger partial charge >= 0.3 is 5.97 Å². The number of hydrogen-bond donors (Lipinski definition) is 2. The topological polar surface area (TPSA) is 68.8 Å². The Morgan fingerprint density at radius 1 is 1.14 bits per heavy atom. The van der Waals surface area contributed by atoms with E-state index in [0.717, 1.165) is 45.5 Å². The van der Waals surface area contributed by atoms with E-state index < -0.39 is 12.0 Å². The van der Waals surface area contributed by atoms with Crippen molar-refractivity contribution < 1.29 is 14.6 Å². The number of methoxy groups -OCH3 is 1. The van der Waals surface area contributed by atoms with Gasteiger partial charge in [0.05, 0.1) is 7.11 Å². The van der Waals surface area contributed by atoms with Gasteiger partial charge in [-0.15, -0.1) is 0 Å². The van der Waals surface area contributed by atoms with Crippen molar-refractivity contribution in [3.05, 3.63) is 58.7 Å². The minimum Gasteiger partial charge on any atom is -0.497 e. The number of anilines is 1. The summed E-state index contributed by atoms with van der Waals surface area (Å²) in [4.78, 5) is 19.7. The van der Waals surface area contributed by atoms with Gasteiger partial charge in [-0.05, 0) is 42.5 Å². The molecule has 7 heteroatoms. The fraction of sp³-hybridized carbons (Fsp3) is 0.286. The maximum absolute atomic E-state index is 12.2. The van der Waals surface area contributed by atoms with Gasteiger partial charge in [-0.1, -0.05) is 15.9 Å². The standard InChI is InChI=1S/C21H22BrN3O3/c1-28-16-5-3-15(4-6-16)24-8-10-25(11-9-24)20(21(26)27)18-13-23-19-7-2-14(22)12-17(18)19/h2-7,12-13,20,23H,8-11H2,1H3,(H,26,27)/t20-/m0/s1. The molecule has 0 spiro atoms. The van der Waals surface area contributed by atoms with Gasteiger partial charge in [0.15, 0.2) is 0 Å². The summed E-state index contributed by atoms with van der Waals surface area (Å²) in [5, 5.41) is 10.9. The summed E-state index contributed by atoms with van der Waals surface area (Å²) in [6, 6.07) is 13.2. The van der Waals surface area contributed by atoms with E-state index in [1.54, 1.807) is 7.11 Å². The molecule has 4 rings (SSSR count). The van der Waals surface area contributed by atoms with Crippen molar-refractivity contribution in [2.24, 2.45) is 0 Å². The van der Waals surface area contributed by atoms with Crippen molar-refractivity contribution in [3.63, 3.8) is 0 Å². The average molecular weight is 444 g/mol. The van der Waals surface area contributed by atoms with E-state index in [-0.39, 0.29) is 0 Å². The normalized spacial score (nSPS) is 16.3. The number of piperazine rings is 1. The summed E-state index contributed by atoms with van der Waals surface area (Å²) >= 11 is 3.49. The van der Waals surface area contributed by atoms with Crippen molar-refractivity contribution in [1.82, 2.24) is 9.88 Å². The van der Waals surface area contributed by atoms with E-state index >= 15 is 0 Å². The highest BCUT2D eigenvalue weighted by Crippen LogP contribution is 2.32. The number of H-pyrrole nitrogens is 1. The van der Waals surface area contributed by atoms with Crippen molar-refractivity contribution in [3.8, 4) is 5.75 Å². The highest BCUT2D eigenvalue weighted by molar-refractivity contribution is 9.10. The van der Waals surface area contributed by atoms with Gasteiger partial charge in [0, 0.05) is 59.0 Å². The largest absolute Gasteiger partial charge is 0.497 e. The first-order valence-electron chi connectivity index (χ1n) is 9.19. The number of carbonyl (C=O) groups is 1. The van der Waals surface area contributed by atoms with Crippen LogP contribution in [0.4, 0.5) is 5.69 Å². The van der Waals surface area contributed by atoms with Gasteiger partial charge in [0.2, 0.25) is 0 Å². The smallest absolute Gasteiger partial charge is 0.325 e. The third kappa shape index (κ3) is 3.59. The summed E-state index contributed by atoms with van der Waals surface area (Å²) in [5.74, 6) is 0.0117. The molecule has 0 radical (unpaired) electrons. The van der Waals surface area contributed by atoms with Crippen molar-refractivity contribution in [2.45, 2.75) is 6.04 Å². The molecular formula is C21H22BrN3O3. The number of aliphatic carboxylic acids is 1. The number of carboxylic acid groups (broad SMARTS) is 1. The lowest BCUT2D eigenvalue weighted by molar-refractivity contribution is -0.143. The van der Waals surface area contributed by atoms with E-state index in [4.69, 9.17) is 4.74 Å².